The smallest absolute Gasteiger partial charge is 0.205 e. The van der Waals surface area contributed by atoms with Gasteiger partial charge >= 0.3 is 0 Å². The van der Waals surface area contributed by atoms with Crippen LogP contribution in [0, 0.1) is 6.92 Å². The Labute approximate surface area is 179 Å². The van der Waals surface area contributed by atoms with Gasteiger partial charge in [0.1, 0.15) is 5.75 Å². The molecule has 3 aromatic carbocycles. The second-order valence-corrected chi connectivity index (χ2v) is 7.21. The molecule has 0 saturated carbocycles. The Balaban J connectivity index is 1.64. The van der Waals surface area contributed by atoms with E-state index in [4.69, 9.17) is 9.72 Å². The number of para-hydroxylation sites is 1. The van der Waals surface area contributed by atoms with Gasteiger partial charge in [-0.1, -0.05) is 66.7 Å². The second kappa shape index (κ2) is 7.99. The summed E-state index contributed by atoms with van der Waals surface area (Å²) in [6, 6.07) is 24.7. The molecule has 5 aromatic rings. The van der Waals surface area contributed by atoms with Crippen molar-refractivity contribution < 1.29 is 4.74 Å². The van der Waals surface area contributed by atoms with Crippen molar-refractivity contribution in [2.75, 3.05) is 6.61 Å². The van der Waals surface area contributed by atoms with E-state index in [2.05, 4.69) is 57.0 Å². The summed E-state index contributed by atoms with van der Waals surface area (Å²) in [5, 5.41) is 15.6. The Morgan fingerprint density at radius 2 is 1.55 bits per heavy atom. The molecule has 0 aliphatic carbocycles. The lowest BCUT2D eigenvalue weighted by Crippen LogP contribution is -2.00. The van der Waals surface area contributed by atoms with Crippen LogP contribution in [0.25, 0.3) is 44.5 Å². The van der Waals surface area contributed by atoms with Gasteiger partial charge in [-0.05, 0) is 41.8 Å². The maximum Gasteiger partial charge on any atom is 0.205 e. The first kappa shape index (κ1) is 18.9. The van der Waals surface area contributed by atoms with Crippen molar-refractivity contribution in [2.45, 2.75) is 13.8 Å². The summed E-state index contributed by atoms with van der Waals surface area (Å²) in [6.07, 6.45) is 0. The maximum atomic E-state index is 6.02. The first-order valence-corrected chi connectivity index (χ1v) is 10.2. The van der Waals surface area contributed by atoms with Crippen LogP contribution in [0.2, 0.25) is 0 Å². The van der Waals surface area contributed by atoms with Crippen LogP contribution in [0.1, 0.15) is 12.6 Å². The Morgan fingerprint density at radius 1 is 0.839 bits per heavy atom. The van der Waals surface area contributed by atoms with E-state index in [1.165, 1.54) is 0 Å². The minimum atomic E-state index is 0.578. The molecule has 152 valence electrons. The fraction of sp³-hybridized carbons (Fsp3) is 0.120. The molecule has 0 spiro atoms. The molecule has 6 heteroatoms. The quantitative estimate of drug-likeness (QED) is 0.419. The third-order valence-electron chi connectivity index (χ3n) is 5.30. The molecule has 1 N–H and O–H groups in total. The lowest BCUT2D eigenvalue weighted by atomic mass is 9.94. The number of fused-ring (bicyclic) bond motifs is 1. The molecule has 0 amide bonds. The molecule has 0 bridgehead atoms. The molecular formula is C25H21N5O. The monoisotopic (exact) mass is 407 g/mol. The van der Waals surface area contributed by atoms with Crippen molar-refractivity contribution in [3.8, 4) is 39.4 Å². The Bertz CT molecular complexity index is 1340. The first-order chi connectivity index (χ1) is 15.3. The highest BCUT2D eigenvalue weighted by molar-refractivity contribution is 5.98. The third kappa shape index (κ3) is 3.42. The number of hydrogen-bond acceptors (Lipinski definition) is 5. The van der Waals surface area contributed by atoms with E-state index in [-0.39, 0.29) is 0 Å². The van der Waals surface area contributed by atoms with Gasteiger partial charge in [-0.25, -0.2) is 4.98 Å². The fourth-order valence-corrected chi connectivity index (χ4v) is 3.95. The maximum absolute atomic E-state index is 6.02. The average molecular weight is 407 g/mol. The van der Waals surface area contributed by atoms with Crippen molar-refractivity contribution in [3.05, 3.63) is 78.5 Å². The zero-order chi connectivity index (χ0) is 21.2. The number of nitrogens with zero attached hydrogens (tertiary/aromatic N) is 4. The van der Waals surface area contributed by atoms with Crippen LogP contribution in [0.15, 0.2) is 72.8 Å². The largest absolute Gasteiger partial charge is 0.491 e. The Hall–Kier alpha value is -4.06. The number of aryl methyl sites for hydroxylation is 1. The molecule has 6 nitrogen and oxygen atoms in total. The van der Waals surface area contributed by atoms with Gasteiger partial charge in [-0.2, -0.15) is 5.21 Å². The number of hydrogen-bond donors (Lipinski definition) is 1. The number of aromatic amines is 1. The Morgan fingerprint density at radius 3 is 2.29 bits per heavy atom. The number of nitrogens with one attached hydrogen (secondary N) is 1. The molecular weight excluding hydrogens is 386 g/mol. The molecule has 2 aromatic heterocycles. The highest BCUT2D eigenvalue weighted by Crippen LogP contribution is 2.39. The van der Waals surface area contributed by atoms with Gasteiger partial charge in [0.15, 0.2) is 0 Å². The number of pyridine rings is 1. The molecule has 0 radical (unpaired) electrons. The van der Waals surface area contributed by atoms with Gasteiger partial charge in [-0.15, -0.1) is 10.2 Å². The molecule has 0 aliphatic heterocycles. The van der Waals surface area contributed by atoms with Crippen LogP contribution >= 0.6 is 0 Å². The van der Waals surface area contributed by atoms with E-state index < -0.39 is 0 Å². The molecule has 0 fully saturated rings. The highest BCUT2D eigenvalue weighted by atomic mass is 16.5. The number of ether oxygens (including phenoxy) is 1. The molecule has 5 rings (SSSR count). The number of benzene rings is 3. The first-order valence-electron chi connectivity index (χ1n) is 10.2. The van der Waals surface area contributed by atoms with Crippen LogP contribution in [0.3, 0.4) is 0 Å². The van der Waals surface area contributed by atoms with Crippen LogP contribution in [-0.2, 0) is 0 Å². The number of aromatic nitrogens is 5. The predicted octanol–water partition coefficient (Wildman–Crippen LogP) is 5.46. The summed E-state index contributed by atoms with van der Waals surface area (Å²) in [7, 11) is 0. The average Bonchev–Trinajstić information content (AvgIpc) is 3.35. The van der Waals surface area contributed by atoms with Crippen molar-refractivity contribution in [3.63, 3.8) is 0 Å². The van der Waals surface area contributed by atoms with E-state index in [9.17, 15) is 0 Å². The van der Waals surface area contributed by atoms with Gasteiger partial charge in [0.2, 0.25) is 5.82 Å². The highest BCUT2D eigenvalue weighted by Gasteiger charge is 2.16. The zero-order valence-corrected chi connectivity index (χ0v) is 17.3. The number of H-pyrrole nitrogens is 1. The Kier molecular flexibility index (Phi) is 4.88. The number of tetrazole rings is 1. The van der Waals surface area contributed by atoms with Crippen LogP contribution < -0.4 is 4.74 Å². The SMILES string of the molecule is CCOc1c(C)nc2ccccc2c1-c1ccc(-c2ccccc2-c2nn[nH]n2)cc1. The van der Waals surface area contributed by atoms with Gasteiger partial charge in [0.05, 0.1) is 17.8 Å². The molecule has 0 atom stereocenters. The van der Waals surface area contributed by atoms with E-state index in [1.807, 2.05) is 50.2 Å². The van der Waals surface area contributed by atoms with Crippen molar-refractivity contribution in [2.24, 2.45) is 0 Å². The van der Waals surface area contributed by atoms with E-state index in [0.717, 1.165) is 50.2 Å². The van der Waals surface area contributed by atoms with E-state index >= 15 is 0 Å². The van der Waals surface area contributed by atoms with E-state index in [1.54, 1.807) is 0 Å². The summed E-state index contributed by atoms with van der Waals surface area (Å²) < 4.78 is 6.02. The predicted molar refractivity (Wildman–Crippen MR) is 122 cm³/mol. The van der Waals surface area contributed by atoms with E-state index in [0.29, 0.717) is 12.4 Å². The number of rotatable bonds is 5. The lowest BCUT2D eigenvalue weighted by Gasteiger charge is -2.16. The normalized spacial score (nSPS) is 11.0. The fourth-order valence-electron chi connectivity index (χ4n) is 3.95. The summed E-state index contributed by atoms with van der Waals surface area (Å²) in [5.74, 6) is 1.41. The summed E-state index contributed by atoms with van der Waals surface area (Å²) in [4.78, 5) is 4.74. The van der Waals surface area contributed by atoms with Crippen molar-refractivity contribution >= 4 is 10.9 Å². The second-order valence-electron chi connectivity index (χ2n) is 7.21. The summed E-state index contributed by atoms with van der Waals surface area (Å²) >= 11 is 0. The summed E-state index contributed by atoms with van der Waals surface area (Å²) in [5.41, 5.74) is 7.08. The minimum absolute atomic E-state index is 0.578. The van der Waals surface area contributed by atoms with Gasteiger partial charge in [0.25, 0.3) is 0 Å². The van der Waals surface area contributed by atoms with Gasteiger partial charge in [-0.3, -0.25) is 0 Å². The van der Waals surface area contributed by atoms with Gasteiger partial charge < -0.3 is 4.74 Å². The van der Waals surface area contributed by atoms with Crippen molar-refractivity contribution in [1.29, 1.82) is 0 Å². The van der Waals surface area contributed by atoms with Crippen LogP contribution in [0.5, 0.6) is 5.75 Å². The standard InChI is InChI=1S/C25H21N5O/c1-3-31-24-16(2)26-22-11-7-6-10-21(22)23(24)18-14-12-17(13-15-18)19-8-4-5-9-20(19)25-27-29-30-28-25/h4-15H,3H2,1-2H3,(H,27,28,29,30). The van der Waals surface area contributed by atoms with Crippen molar-refractivity contribution in [1.82, 2.24) is 25.6 Å². The van der Waals surface area contributed by atoms with Crippen LogP contribution in [0.4, 0.5) is 0 Å². The molecule has 0 aliphatic rings. The van der Waals surface area contributed by atoms with Crippen LogP contribution in [-0.4, -0.2) is 32.2 Å². The molecule has 0 saturated heterocycles. The third-order valence-corrected chi connectivity index (χ3v) is 5.30. The molecule has 31 heavy (non-hydrogen) atoms. The lowest BCUT2D eigenvalue weighted by molar-refractivity contribution is 0.338. The minimum Gasteiger partial charge on any atom is -0.491 e. The van der Waals surface area contributed by atoms with Gasteiger partial charge in [0, 0.05) is 16.5 Å². The zero-order valence-electron chi connectivity index (χ0n) is 17.3. The molecule has 0 unspecified atom stereocenters. The summed E-state index contributed by atoms with van der Waals surface area (Å²) in [6.45, 7) is 4.58. The molecule has 2 heterocycles. The topological polar surface area (TPSA) is 76.6 Å².